The minimum absolute atomic E-state index is 0.0364. The van der Waals surface area contributed by atoms with Gasteiger partial charge in [0, 0.05) is 13.1 Å². The summed E-state index contributed by atoms with van der Waals surface area (Å²) in [6.45, 7) is 1.97. The van der Waals surface area contributed by atoms with Gasteiger partial charge in [-0.3, -0.25) is 0 Å². The van der Waals surface area contributed by atoms with E-state index < -0.39 is 5.95 Å². The highest BCUT2D eigenvalue weighted by Gasteiger charge is 2.21. The van der Waals surface area contributed by atoms with E-state index in [4.69, 9.17) is 9.84 Å². The quantitative estimate of drug-likeness (QED) is 0.803. The number of hydrogen-bond acceptors (Lipinski definition) is 4. The van der Waals surface area contributed by atoms with E-state index in [1.165, 1.54) is 6.07 Å². The standard InChI is InChI=1S/C12H17FN2O2/c13-11-4-1-5-12(14-11)15-6-2-3-10(9-15)17-8-7-16/h1,4-5,10,16H,2-3,6-9H2. The fourth-order valence-corrected chi connectivity index (χ4v) is 2.08. The van der Waals surface area contributed by atoms with E-state index in [-0.39, 0.29) is 12.7 Å². The second kappa shape index (κ2) is 5.93. The van der Waals surface area contributed by atoms with E-state index in [2.05, 4.69) is 4.98 Å². The van der Waals surface area contributed by atoms with Crippen molar-refractivity contribution in [2.24, 2.45) is 0 Å². The molecule has 0 saturated carbocycles. The fraction of sp³-hybridized carbons (Fsp3) is 0.583. The molecule has 0 aliphatic carbocycles. The van der Waals surface area contributed by atoms with Crippen molar-refractivity contribution in [3.8, 4) is 0 Å². The first kappa shape index (κ1) is 12.3. The predicted molar refractivity (Wildman–Crippen MR) is 62.5 cm³/mol. The van der Waals surface area contributed by atoms with Crippen LogP contribution in [0.4, 0.5) is 10.2 Å². The molecule has 5 heteroatoms. The molecule has 0 amide bonds. The molecule has 94 valence electrons. The van der Waals surface area contributed by atoms with Gasteiger partial charge >= 0.3 is 0 Å². The number of nitrogens with zero attached hydrogens (tertiary/aromatic N) is 2. The van der Waals surface area contributed by atoms with Crippen molar-refractivity contribution in [2.45, 2.75) is 18.9 Å². The Kier molecular flexibility index (Phi) is 4.28. The van der Waals surface area contributed by atoms with Crippen molar-refractivity contribution in [1.82, 2.24) is 4.98 Å². The lowest BCUT2D eigenvalue weighted by atomic mass is 10.1. The summed E-state index contributed by atoms with van der Waals surface area (Å²) in [5.74, 6) is 0.197. The summed E-state index contributed by atoms with van der Waals surface area (Å²) in [6.07, 6.45) is 2.07. The van der Waals surface area contributed by atoms with Crippen LogP contribution in [0.2, 0.25) is 0 Å². The first-order valence-corrected chi connectivity index (χ1v) is 5.89. The molecule has 1 atom stereocenters. The molecule has 0 bridgehead atoms. The number of pyridine rings is 1. The van der Waals surface area contributed by atoms with Crippen LogP contribution in [0.15, 0.2) is 18.2 Å². The molecule has 1 aliphatic rings. The van der Waals surface area contributed by atoms with Crippen LogP contribution >= 0.6 is 0 Å². The molecule has 2 heterocycles. The molecular weight excluding hydrogens is 223 g/mol. The molecule has 1 saturated heterocycles. The molecule has 1 aromatic rings. The van der Waals surface area contributed by atoms with Crippen LogP contribution in [0.25, 0.3) is 0 Å². The highest BCUT2D eigenvalue weighted by molar-refractivity contribution is 5.38. The zero-order valence-corrected chi connectivity index (χ0v) is 9.68. The number of ether oxygens (including phenoxy) is 1. The van der Waals surface area contributed by atoms with Gasteiger partial charge in [0.05, 0.1) is 19.3 Å². The van der Waals surface area contributed by atoms with Gasteiger partial charge in [0.25, 0.3) is 0 Å². The van der Waals surface area contributed by atoms with E-state index >= 15 is 0 Å². The first-order valence-electron chi connectivity index (χ1n) is 5.89. The molecule has 1 N–H and O–H groups in total. The second-order valence-corrected chi connectivity index (χ2v) is 4.12. The lowest BCUT2D eigenvalue weighted by Gasteiger charge is -2.33. The minimum atomic E-state index is -0.457. The van der Waals surface area contributed by atoms with Gasteiger partial charge in [0.15, 0.2) is 0 Å². The van der Waals surface area contributed by atoms with Crippen LogP contribution < -0.4 is 4.90 Å². The largest absolute Gasteiger partial charge is 0.394 e. The summed E-state index contributed by atoms with van der Waals surface area (Å²) >= 11 is 0. The smallest absolute Gasteiger partial charge is 0.214 e. The van der Waals surface area contributed by atoms with E-state index in [0.717, 1.165) is 19.4 Å². The highest BCUT2D eigenvalue weighted by atomic mass is 19.1. The van der Waals surface area contributed by atoms with E-state index in [1.54, 1.807) is 12.1 Å². The van der Waals surface area contributed by atoms with Crippen molar-refractivity contribution in [3.05, 3.63) is 24.1 Å². The number of aliphatic hydroxyl groups excluding tert-OH is 1. The minimum Gasteiger partial charge on any atom is -0.394 e. The maximum absolute atomic E-state index is 13.0. The molecule has 0 aromatic carbocycles. The Labute approximate surface area is 100 Å². The Morgan fingerprint density at radius 1 is 1.53 bits per heavy atom. The van der Waals surface area contributed by atoms with E-state index in [1.807, 2.05) is 4.90 Å². The molecular formula is C12H17FN2O2. The Hall–Kier alpha value is -1.20. The Balaban J connectivity index is 1.97. The van der Waals surface area contributed by atoms with Gasteiger partial charge in [0.1, 0.15) is 5.82 Å². The Bertz CT molecular complexity index is 362. The van der Waals surface area contributed by atoms with E-state index in [0.29, 0.717) is 19.0 Å². The van der Waals surface area contributed by atoms with Crippen LogP contribution in [0.3, 0.4) is 0 Å². The van der Waals surface area contributed by atoms with Crippen molar-refractivity contribution in [3.63, 3.8) is 0 Å². The van der Waals surface area contributed by atoms with Gasteiger partial charge in [0.2, 0.25) is 5.95 Å². The van der Waals surface area contributed by atoms with Gasteiger partial charge < -0.3 is 14.7 Å². The normalized spacial score (nSPS) is 20.6. The zero-order valence-electron chi connectivity index (χ0n) is 9.68. The highest BCUT2D eigenvalue weighted by Crippen LogP contribution is 2.19. The molecule has 17 heavy (non-hydrogen) atoms. The summed E-state index contributed by atoms with van der Waals surface area (Å²) in [5.41, 5.74) is 0. The molecule has 2 rings (SSSR count). The average Bonchev–Trinajstić information content (AvgIpc) is 2.37. The Morgan fingerprint density at radius 2 is 2.41 bits per heavy atom. The lowest BCUT2D eigenvalue weighted by Crippen LogP contribution is -2.40. The molecule has 1 fully saturated rings. The van der Waals surface area contributed by atoms with Gasteiger partial charge in [-0.1, -0.05) is 6.07 Å². The summed E-state index contributed by atoms with van der Waals surface area (Å²) in [5, 5.41) is 8.72. The summed E-state index contributed by atoms with van der Waals surface area (Å²) in [7, 11) is 0. The number of anilines is 1. The third kappa shape index (κ3) is 3.38. The lowest BCUT2D eigenvalue weighted by molar-refractivity contribution is 0.0213. The van der Waals surface area contributed by atoms with E-state index in [9.17, 15) is 4.39 Å². The van der Waals surface area contributed by atoms with Crippen molar-refractivity contribution >= 4 is 5.82 Å². The zero-order chi connectivity index (χ0) is 12.1. The molecule has 0 radical (unpaired) electrons. The topological polar surface area (TPSA) is 45.6 Å². The number of aliphatic hydroxyl groups is 1. The maximum atomic E-state index is 13.0. The maximum Gasteiger partial charge on any atom is 0.214 e. The predicted octanol–water partition coefficient (Wildman–Crippen LogP) is 1.20. The monoisotopic (exact) mass is 240 g/mol. The summed E-state index contributed by atoms with van der Waals surface area (Å²) in [4.78, 5) is 5.89. The third-order valence-electron chi connectivity index (χ3n) is 2.85. The van der Waals surface area contributed by atoms with Gasteiger partial charge in [-0.2, -0.15) is 4.39 Å². The van der Waals surface area contributed by atoms with Crippen molar-refractivity contribution < 1.29 is 14.2 Å². The van der Waals surface area contributed by atoms with Gasteiger partial charge in [-0.25, -0.2) is 4.98 Å². The van der Waals surface area contributed by atoms with Crippen molar-refractivity contribution in [1.29, 1.82) is 0 Å². The fourth-order valence-electron chi connectivity index (χ4n) is 2.08. The number of rotatable bonds is 4. The molecule has 1 aliphatic heterocycles. The van der Waals surface area contributed by atoms with Crippen LogP contribution in [0.1, 0.15) is 12.8 Å². The number of aromatic nitrogens is 1. The number of hydrogen-bond donors (Lipinski definition) is 1. The van der Waals surface area contributed by atoms with Crippen molar-refractivity contribution in [2.75, 3.05) is 31.2 Å². The van der Waals surface area contributed by atoms with Crippen LogP contribution in [0, 0.1) is 5.95 Å². The first-order chi connectivity index (χ1) is 8.29. The second-order valence-electron chi connectivity index (χ2n) is 4.12. The molecule has 4 nitrogen and oxygen atoms in total. The number of piperidine rings is 1. The van der Waals surface area contributed by atoms with Crippen LogP contribution in [-0.2, 0) is 4.74 Å². The third-order valence-corrected chi connectivity index (χ3v) is 2.85. The summed E-state index contributed by atoms with van der Waals surface area (Å²) < 4.78 is 18.5. The SMILES string of the molecule is OCCOC1CCCN(c2cccc(F)n2)C1. The van der Waals surface area contributed by atoms with Crippen LogP contribution in [0.5, 0.6) is 0 Å². The van der Waals surface area contributed by atoms with Gasteiger partial charge in [-0.15, -0.1) is 0 Å². The molecule has 0 spiro atoms. The van der Waals surface area contributed by atoms with Crippen LogP contribution in [-0.4, -0.2) is 42.5 Å². The molecule has 1 aromatic heterocycles. The average molecular weight is 240 g/mol. The number of halogens is 1. The van der Waals surface area contributed by atoms with Gasteiger partial charge in [-0.05, 0) is 25.0 Å². The Morgan fingerprint density at radius 3 is 3.18 bits per heavy atom. The summed E-state index contributed by atoms with van der Waals surface area (Å²) in [6, 6.07) is 4.81. The molecule has 1 unspecified atom stereocenters.